The molecule has 12 nitrogen and oxygen atoms in total. The molecule has 0 radical (unpaired) electrons. The number of amides is 2. The molecule has 12 heteroatoms. The van der Waals surface area contributed by atoms with E-state index < -0.39 is 11.9 Å². The number of nitriles is 1. The number of carbonyl (C=O) groups is 2. The van der Waals surface area contributed by atoms with Crippen LogP contribution in [0.1, 0.15) is 24.8 Å². The van der Waals surface area contributed by atoms with Gasteiger partial charge in [-0.1, -0.05) is 12.1 Å². The third-order valence-corrected chi connectivity index (χ3v) is 5.30. The molecule has 3 rings (SSSR count). The van der Waals surface area contributed by atoms with E-state index in [1.54, 1.807) is 54.7 Å². The molecular weight excluding hydrogens is 468 g/mol. The molecule has 0 fully saturated rings. The molecule has 1 unspecified atom stereocenters. The Bertz CT molecular complexity index is 1170. The summed E-state index contributed by atoms with van der Waals surface area (Å²) in [7, 11) is 5.95. The molecule has 0 bridgehead atoms. The van der Waals surface area contributed by atoms with E-state index in [1.165, 1.54) is 21.3 Å². The highest BCUT2D eigenvalue weighted by atomic mass is 16.5. The van der Waals surface area contributed by atoms with Crippen LogP contribution >= 0.6 is 0 Å². The molecule has 0 saturated heterocycles. The first-order valence-electron chi connectivity index (χ1n) is 10.9. The van der Waals surface area contributed by atoms with Crippen molar-refractivity contribution in [1.82, 2.24) is 26.6 Å². The average Bonchev–Trinajstić information content (AvgIpc) is 3.39. The van der Waals surface area contributed by atoms with E-state index >= 15 is 0 Å². The lowest BCUT2D eigenvalue weighted by Gasteiger charge is -2.17. The van der Waals surface area contributed by atoms with Gasteiger partial charge in [-0.15, -0.1) is 5.53 Å². The molecule has 0 aliphatic carbocycles. The molecule has 1 heterocycles. The minimum atomic E-state index is -0.837. The highest BCUT2D eigenvalue weighted by Crippen LogP contribution is 2.39. The van der Waals surface area contributed by atoms with E-state index in [2.05, 4.69) is 27.7 Å². The molecule has 2 amide bonds. The number of nitrogens with zero attached hydrogens (tertiary/aromatic N) is 2. The SMILES string of the molecule is COc1ccc(C(C#N)NC(=O)C2=CN(CCNC(=O)c3ccc(OC)c(OC)c3OC)NN2)cc1.[HH].[HH]. The molecule has 36 heavy (non-hydrogen) atoms. The Labute approximate surface area is 211 Å². The Kier molecular flexibility index (Phi) is 8.79. The third-order valence-electron chi connectivity index (χ3n) is 5.30. The van der Waals surface area contributed by atoms with E-state index in [1.807, 2.05) is 0 Å². The fraction of sp³-hybridized carbons (Fsp3) is 0.292. The zero-order valence-corrected chi connectivity index (χ0v) is 20.4. The van der Waals surface area contributed by atoms with Crippen molar-refractivity contribution in [3.05, 3.63) is 59.4 Å². The fourth-order valence-electron chi connectivity index (χ4n) is 3.45. The van der Waals surface area contributed by atoms with E-state index in [4.69, 9.17) is 18.9 Å². The fourth-order valence-corrected chi connectivity index (χ4v) is 3.45. The van der Waals surface area contributed by atoms with Gasteiger partial charge in [-0.3, -0.25) is 20.0 Å². The van der Waals surface area contributed by atoms with Crippen molar-refractivity contribution in [3.8, 4) is 29.1 Å². The monoisotopic (exact) mass is 500 g/mol. The quantitative estimate of drug-likeness (QED) is 0.358. The van der Waals surface area contributed by atoms with Crippen molar-refractivity contribution in [1.29, 1.82) is 5.26 Å². The number of ether oxygens (including phenoxy) is 4. The lowest BCUT2D eigenvalue weighted by atomic mass is 10.1. The molecule has 2 aromatic carbocycles. The van der Waals surface area contributed by atoms with Gasteiger partial charge in [0.15, 0.2) is 11.5 Å². The van der Waals surface area contributed by atoms with Crippen LogP contribution in [0.4, 0.5) is 0 Å². The zero-order chi connectivity index (χ0) is 26.1. The summed E-state index contributed by atoms with van der Waals surface area (Å²) in [5.74, 6) is 0.850. The number of benzene rings is 2. The van der Waals surface area contributed by atoms with Crippen LogP contribution in [0, 0.1) is 11.3 Å². The van der Waals surface area contributed by atoms with Gasteiger partial charge in [-0.25, -0.2) is 0 Å². The number of rotatable bonds is 11. The summed E-state index contributed by atoms with van der Waals surface area (Å²) in [6.45, 7) is 0.592. The van der Waals surface area contributed by atoms with E-state index in [-0.39, 0.29) is 26.8 Å². The maximum absolute atomic E-state index is 12.7. The van der Waals surface area contributed by atoms with Crippen LogP contribution in [0.25, 0.3) is 0 Å². The van der Waals surface area contributed by atoms with Crippen LogP contribution in [-0.2, 0) is 4.79 Å². The van der Waals surface area contributed by atoms with Crippen molar-refractivity contribution < 1.29 is 31.4 Å². The molecule has 1 aliphatic rings. The minimum absolute atomic E-state index is 0. The molecule has 1 aliphatic heterocycles. The number of hydrogen-bond donors (Lipinski definition) is 4. The summed E-state index contributed by atoms with van der Waals surface area (Å²) in [6.07, 6.45) is 1.54. The third kappa shape index (κ3) is 5.89. The summed E-state index contributed by atoms with van der Waals surface area (Å²) in [4.78, 5) is 25.3. The van der Waals surface area contributed by atoms with Gasteiger partial charge in [-0.05, 0) is 29.8 Å². The number of hydrazine groups is 2. The van der Waals surface area contributed by atoms with Crippen LogP contribution in [-0.4, -0.2) is 58.4 Å². The zero-order valence-electron chi connectivity index (χ0n) is 20.4. The molecule has 4 N–H and O–H groups in total. The van der Waals surface area contributed by atoms with Gasteiger partial charge in [0.05, 0.1) is 46.6 Å². The Hall–Kier alpha value is -4.63. The first kappa shape index (κ1) is 26.0. The summed E-state index contributed by atoms with van der Waals surface area (Å²) in [6, 6.07) is 11.3. The van der Waals surface area contributed by atoms with Crippen LogP contribution < -0.4 is 40.5 Å². The average molecular weight is 501 g/mol. The lowest BCUT2D eigenvalue weighted by molar-refractivity contribution is -0.118. The van der Waals surface area contributed by atoms with E-state index in [0.717, 1.165) is 0 Å². The number of carbonyl (C=O) groups excluding carboxylic acids is 2. The molecule has 1 atom stereocenters. The van der Waals surface area contributed by atoms with Crippen LogP contribution in [0.5, 0.6) is 23.0 Å². The Balaban J connectivity index is 0.00000361. The predicted octanol–water partition coefficient (Wildman–Crippen LogP) is 1.49. The van der Waals surface area contributed by atoms with Crippen molar-refractivity contribution in [2.24, 2.45) is 0 Å². The van der Waals surface area contributed by atoms with Crippen LogP contribution in [0.15, 0.2) is 48.3 Å². The van der Waals surface area contributed by atoms with Crippen molar-refractivity contribution in [2.45, 2.75) is 6.04 Å². The van der Waals surface area contributed by atoms with Crippen molar-refractivity contribution in [3.63, 3.8) is 0 Å². The molecule has 0 aromatic heterocycles. The second-order valence-electron chi connectivity index (χ2n) is 7.42. The molecule has 0 saturated carbocycles. The summed E-state index contributed by atoms with van der Waals surface area (Å²) in [5, 5.41) is 16.5. The van der Waals surface area contributed by atoms with Crippen molar-refractivity contribution >= 4 is 11.8 Å². The first-order valence-corrected chi connectivity index (χ1v) is 10.9. The predicted molar refractivity (Wildman–Crippen MR) is 133 cm³/mol. The second kappa shape index (κ2) is 12.2. The van der Waals surface area contributed by atoms with E-state index in [9.17, 15) is 14.9 Å². The molecular formula is C24H32N6O6. The first-order chi connectivity index (χ1) is 17.4. The Morgan fingerprint density at radius 1 is 1.00 bits per heavy atom. The summed E-state index contributed by atoms with van der Waals surface area (Å²) < 4.78 is 21.0. The largest absolute Gasteiger partial charge is 0.497 e. The number of hydrogen-bond acceptors (Lipinski definition) is 10. The normalized spacial score (nSPS) is 13.0. The van der Waals surface area contributed by atoms with Crippen LogP contribution in [0.3, 0.4) is 0 Å². The van der Waals surface area contributed by atoms with Gasteiger partial charge >= 0.3 is 0 Å². The van der Waals surface area contributed by atoms with Gasteiger partial charge in [0.2, 0.25) is 5.75 Å². The summed E-state index contributed by atoms with van der Waals surface area (Å²) >= 11 is 0. The number of nitrogens with one attached hydrogen (secondary N) is 4. The lowest BCUT2D eigenvalue weighted by Crippen LogP contribution is -2.42. The maximum atomic E-state index is 12.7. The van der Waals surface area contributed by atoms with Gasteiger partial charge in [0, 0.05) is 15.6 Å². The summed E-state index contributed by atoms with van der Waals surface area (Å²) in [5.41, 5.74) is 6.71. The molecule has 0 spiro atoms. The topological polar surface area (TPSA) is 146 Å². The van der Waals surface area contributed by atoms with Crippen molar-refractivity contribution in [2.75, 3.05) is 41.5 Å². The maximum Gasteiger partial charge on any atom is 0.271 e. The van der Waals surface area contributed by atoms with Gasteiger partial charge in [0.25, 0.3) is 11.8 Å². The highest BCUT2D eigenvalue weighted by molar-refractivity contribution is 5.98. The smallest absolute Gasteiger partial charge is 0.271 e. The molecule has 2 aromatic rings. The Morgan fingerprint density at radius 2 is 1.72 bits per heavy atom. The van der Waals surface area contributed by atoms with E-state index in [0.29, 0.717) is 34.9 Å². The highest BCUT2D eigenvalue weighted by Gasteiger charge is 2.23. The van der Waals surface area contributed by atoms with Crippen LogP contribution in [0.2, 0.25) is 0 Å². The Morgan fingerprint density at radius 3 is 2.33 bits per heavy atom. The van der Waals surface area contributed by atoms with Gasteiger partial charge in [-0.2, -0.15) is 5.26 Å². The van der Waals surface area contributed by atoms with Gasteiger partial charge < -0.3 is 29.6 Å². The molecule has 194 valence electrons. The van der Waals surface area contributed by atoms with Gasteiger partial charge in [0.1, 0.15) is 17.5 Å². The minimum Gasteiger partial charge on any atom is -0.497 e. The second-order valence-corrected chi connectivity index (χ2v) is 7.42. The standard InChI is InChI=1S/C24H28N6O6.2H2/c1-33-16-7-5-15(6-8-16)18(13-25)27-24(32)19-14-30(29-28-19)12-11-26-23(31)17-9-10-20(34-2)22(36-4)21(17)35-3;;/h5-10,14,18,28-29H,11-12H2,1-4H3,(H,26,31)(H,27,32);2*1H. The number of methoxy groups -OCH3 is 4.